The summed E-state index contributed by atoms with van der Waals surface area (Å²) in [5, 5.41) is 19.1. The Labute approximate surface area is 316 Å². The molecule has 3 fully saturated rings. The average molecular weight is 768 g/mol. The minimum atomic E-state index is -3.46. The van der Waals surface area contributed by atoms with Gasteiger partial charge in [0.05, 0.1) is 10.9 Å². The highest BCUT2D eigenvalue weighted by Gasteiger charge is 2.53. The van der Waals surface area contributed by atoms with Crippen LogP contribution < -0.4 is 21.7 Å². The quantitative estimate of drug-likeness (QED) is 0.150. The number of unbranched alkanes of at least 4 members (excludes halogenated alkanes) is 1. The predicted molar refractivity (Wildman–Crippen MR) is 199 cm³/mol. The van der Waals surface area contributed by atoms with E-state index < -0.39 is 57.9 Å². The van der Waals surface area contributed by atoms with Crippen LogP contribution in [0.5, 0.6) is 0 Å². The molecule has 2 bridgehead atoms. The first-order chi connectivity index (χ1) is 25.8. The zero-order valence-corrected chi connectivity index (χ0v) is 31.6. The smallest absolute Gasteiger partial charge is 0.407 e. The molecular formula is C39H53N5O9S. The molecule has 5 rings (SSSR count). The van der Waals surface area contributed by atoms with E-state index in [0.29, 0.717) is 32.1 Å². The van der Waals surface area contributed by atoms with Gasteiger partial charge in [0.2, 0.25) is 17.7 Å². The molecule has 1 saturated heterocycles. The van der Waals surface area contributed by atoms with Gasteiger partial charge in [-0.3, -0.25) is 19.2 Å². The van der Waals surface area contributed by atoms with Crippen molar-refractivity contribution in [2.45, 2.75) is 119 Å². The summed E-state index contributed by atoms with van der Waals surface area (Å²) in [6.07, 6.45) is 7.41. The number of aliphatic hydroxyl groups is 1. The van der Waals surface area contributed by atoms with Crippen molar-refractivity contribution >= 4 is 39.6 Å². The number of sulfone groups is 1. The number of nitrogens with one attached hydrogen (secondary N) is 3. The van der Waals surface area contributed by atoms with Crippen LogP contribution in [0.15, 0.2) is 59.5 Å². The van der Waals surface area contributed by atoms with E-state index in [-0.39, 0.29) is 53.8 Å². The van der Waals surface area contributed by atoms with Gasteiger partial charge in [0.1, 0.15) is 18.7 Å². The number of likely N-dealkylation sites (tertiary alicyclic amines) is 1. The molecule has 2 aliphatic carbocycles. The second kappa shape index (κ2) is 18.7. The average Bonchev–Trinajstić information content (AvgIpc) is 3.79. The maximum absolute atomic E-state index is 14.5. The fourth-order valence-corrected chi connectivity index (χ4v) is 8.76. The molecule has 3 aliphatic rings. The zero-order valence-electron chi connectivity index (χ0n) is 30.8. The van der Waals surface area contributed by atoms with Crippen LogP contribution >= 0.6 is 0 Å². The van der Waals surface area contributed by atoms with E-state index in [4.69, 9.17) is 10.5 Å². The predicted octanol–water partition coefficient (Wildman–Crippen LogP) is 2.97. The van der Waals surface area contributed by atoms with E-state index in [1.807, 2.05) is 30.3 Å². The number of nitrogens with two attached hydrogens (primary N) is 1. The number of carbonyl (C=O) groups is 5. The third-order valence-electron chi connectivity index (χ3n) is 11.0. The highest BCUT2D eigenvalue weighted by molar-refractivity contribution is 7.90. The first-order valence-corrected chi connectivity index (χ1v) is 20.9. The molecule has 0 spiro atoms. The fraction of sp³-hybridized carbons (Fsp3) is 0.564. The number of piperidine rings is 1. The Morgan fingerprint density at radius 1 is 0.926 bits per heavy atom. The van der Waals surface area contributed by atoms with Crippen molar-refractivity contribution in [3.8, 4) is 0 Å². The topological polar surface area (TPSA) is 214 Å². The minimum Gasteiger partial charge on any atom is -0.445 e. The summed E-state index contributed by atoms with van der Waals surface area (Å²) in [6, 6.07) is 11.8. The molecular weight excluding hydrogens is 715 g/mol. The number of hydrogen-bond donors (Lipinski definition) is 5. The summed E-state index contributed by atoms with van der Waals surface area (Å²) in [5.74, 6) is -2.29. The normalized spacial score (nSPS) is 21.4. The first kappa shape index (κ1) is 40.7. The van der Waals surface area contributed by atoms with Crippen molar-refractivity contribution in [3.63, 3.8) is 0 Å². The molecule has 0 aromatic heterocycles. The Morgan fingerprint density at radius 2 is 1.63 bits per heavy atom. The maximum Gasteiger partial charge on any atom is 0.407 e. The highest BCUT2D eigenvalue weighted by Crippen LogP contribution is 2.43. The Hall–Kier alpha value is -4.50. The van der Waals surface area contributed by atoms with Gasteiger partial charge in [0, 0.05) is 24.4 Å². The van der Waals surface area contributed by atoms with Gasteiger partial charge in [-0.25, -0.2) is 13.2 Å². The Balaban J connectivity index is 1.23. The third kappa shape index (κ3) is 10.8. The molecule has 2 aromatic rings. The summed E-state index contributed by atoms with van der Waals surface area (Å²) in [6.45, 7) is 0.397. The number of amides is 5. The molecule has 6 atom stereocenters. The molecule has 0 radical (unpaired) electrons. The number of aliphatic hydroxyl groups excluding tert-OH is 1. The largest absolute Gasteiger partial charge is 0.445 e. The molecule has 6 N–H and O–H groups in total. The Kier molecular flexibility index (Phi) is 14.1. The van der Waals surface area contributed by atoms with Crippen LogP contribution in [0.2, 0.25) is 0 Å². The van der Waals surface area contributed by atoms with Crippen LogP contribution in [0.3, 0.4) is 0 Å². The standard InChI is InChI=1S/C39H53N5O9S/c1-54(51,52)30-19-16-27(17-20-30)36(47)43-32(22-25-10-4-2-5-11-25)38(49)44-29-18-15-28(23-29)33(44)37(48)42-31(34(45)35(40)46)14-8-9-21-41-39(50)53-24-26-12-6-3-7-13-26/h3,6-7,12-13,16-17,19-20,25,28-29,31-34,45H,2,4-5,8-11,14-15,18,21-24H2,1H3,(H2,40,46)(H,41,50)(H,42,48)(H,43,47)/t28?,29?,31?,32-,33+,34?/m1/s1. The number of alkyl carbamates (subject to hydrolysis) is 1. The van der Waals surface area contributed by atoms with E-state index >= 15 is 0 Å². The van der Waals surface area contributed by atoms with Crippen LogP contribution in [0.4, 0.5) is 4.79 Å². The lowest BCUT2D eigenvalue weighted by molar-refractivity contribution is -0.145. The Morgan fingerprint density at radius 3 is 2.30 bits per heavy atom. The van der Waals surface area contributed by atoms with Crippen molar-refractivity contribution in [2.75, 3.05) is 12.8 Å². The molecule has 54 heavy (non-hydrogen) atoms. The molecule has 2 saturated carbocycles. The van der Waals surface area contributed by atoms with Crippen LogP contribution in [0.1, 0.15) is 93.0 Å². The zero-order chi connectivity index (χ0) is 38.8. The molecule has 5 amide bonds. The van der Waals surface area contributed by atoms with Crippen LogP contribution in [-0.2, 0) is 35.6 Å². The summed E-state index contributed by atoms with van der Waals surface area (Å²) in [5.41, 5.74) is 6.52. The fourth-order valence-electron chi connectivity index (χ4n) is 8.12. The number of rotatable bonds is 17. The monoisotopic (exact) mass is 767 g/mol. The van der Waals surface area contributed by atoms with Gasteiger partial charge in [0.15, 0.2) is 15.9 Å². The van der Waals surface area contributed by atoms with Gasteiger partial charge >= 0.3 is 6.09 Å². The second-order valence-corrected chi connectivity index (χ2v) is 16.9. The molecule has 1 aliphatic heterocycles. The van der Waals surface area contributed by atoms with Crippen LogP contribution in [-0.4, -0.2) is 91.2 Å². The van der Waals surface area contributed by atoms with E-state index in [1.54, 1.807) is 4.90 Å². The summed E-state index contributed by atoms with van der Waals surface area (Å²) >= 11 is 0. The number of benzene rings is 2. The highest BCUT2D eigenvalue weighted by atomic mass is 32.2. The second-order valence-electron chi connectivity index (χ2n) is 14.9. The van der Waals surface area contributed by atoms with Crippen molar-refractivity contribution in [1.82, 2.24) is 20.9 Å². The van der Waals surface area contributed by atoms with Gasteiger partial charge < -0.3 is 36.4 Å². The van der Waals surface area contributed by atoms with Crippen LogP contribution in [0.25, 0.3) is 0 Å². The van der Waals surface area contributed by atoms with E-state index in [9.17, 15) is 37.5 Å². The Bertz CT molecular complexity index is 1730. The SMILES string of the molecule is CS(=O)(=O)c1ccc(C(=O)N[C@H](CC2CCCCC2)C(=O)N2C3CCC(C3)[C@H]2C(=O)NC(CCCCNC(=O)OCc2ccccc2)C(O)C(N)=O)cc1. The van der Waals surface area contributed by atoms with Crippen molar-refractivity contribution in [1.29, 1.82) is 0 Å². The lowest BCUT2D eigenvalue weighted by Crippen LogP contribution is -2.60. The van der Waals surface area contributed by atoms with E-state index in [1.165, 1.54) is 24.3 Å². The number of carbonyl (C=O) groups excluding carboxylic acids is 5. The van der Waals surface area contributed by atoms with Crippen molar-refractivity contribution in [3.05, 3.63) is 65.7 Å². The lowest BCUT2D eigenvalue weighted by Gasteiger charge is -2.38. The summed E-state index contributed by atoms with van der Waals surface area (Å²) in [4.78, 5) is 67.9. The molecule has 4 unspecified atom stereocenters. The third-order valence-corrected chi connectivity index (χ3v) is 12.1. The molecule has 14 nitrogen and oxygen atoms in total. The maximum atomic E-state index is 14.5. The van der Waals surface area contributed by atoms with Gasteiger partial charge in [-0.1, -0.05) is 62.4 Å². The number of primary amides is 1. The molecule has 1 heterocycles. The van der Waals surface area contributed by atoms with Gasteiger partial charge in [0.25, 0.3) is 5.91 Å². The number of fused-ring (bicyclic) bond motifs is 2. The first-order valence-electron chi connectivity index (χ1n) is 19.0. The minimum absolute atomic E-state index is 0.0754. The lowest BCUT2D eigenvalue weighted by atomic mass is 9.84. The molecule has 2 aromatic carbocycles. The van der Waals surface area contributed by atoms with Crippen molar-refractivity contribution in [2.24, 2.45) is 17.6 Å². The van der Waals surface area contributed by atoms with Gasteiger partial charge in [-0.2, -0.15) is 0 Å². The van der Waals surface area contributed by atoms with Crippen LogP contribution in [0, 0.1) is 11.8 Å². The summed E-state index contributed by atoms with van der Waals surface area (Å²) < 4.78 is 29.1. The van der Waals surface area contributed by atoms with E-state index in [2.05, 4.69) is 16.0 Å². The number of nitrogens with zero attached hydrogens (tertiary/aromatic N) is 1. The van der Waals surface area contributed by atoms with Gasteiger partial charge in [-0.05, 0) is 86.6 Å². The van der Waals surface area contributed by atoms with E-state index in [0.717, 1.165) is 50.3 Å². The number of hydrogen-bond acceptors (Lipinski definition) is 9. The van der Waals surface area contributed by atoms with Crippen molar-refractivity contribution < 1.29 is 42.2 Å². The molecule has 294 valence electrons. The molecule has 15 heteroatoms. The van der Waals surface area contributed by atoms with Gasteiger partial charge in [-0.15, -0.1) is 0 Å². The number of ether oxygens (including phenoxy) is 1. The summed E-state index contributed by atoms with van der Waals surface area (Å²) in [7, 11) is -3.46.